The van der Waals surface area contributed by atoms with Crippen molar-refractivity contribution < 1.29 is 9.90 Å². The Kier molecular flexibility index (Phi) is 3.11. The van der Waals surface area contributed by atoms with Gasteiger partial charge in [-0.05, 0) is 47.3 Å². The molecule has 2 heterocycles. The lowest BCUT2D eigenvalue weighted by molar-refractivity contribution is -0.142. The number of aliphatic carboxylic acids is 1. The molecule has 6 heteroatoms. The van der Waals surface area contributed by atoms with E-state index in [1.54, 1.807) is 17.5 Å². The van der Waals surface area contributed by atoms with Gasteiger partial charge in [0.1, 0.15) is 4.75 Å². The third-order valence-corrected chi connectivity index (χ3v) is 6.53. The summed E-state index contributed by atoms with van der Waals surface area (Å²) in [6.07, 6.45) is 4.26. The summed E-state index contributed by atoms with van der Waals surface area (Å²) < 4.78 is 1.48. The number of carbonyl (C=O) groups is 1. The Morgan fingerprint density at radius 3 is 2.94 bits per heavy atom. The lowest BCUT2D eigenvalue weighted by atomic mass is 9.84. The molecule has 94 valence electrons. The second-order valence-electron chi connectivity index (χ2n) is 4.33. The van der Waals surface area contributed by atoms with Gasteiger partial charge < -0.3 is 5.11 Å². The van der Waals surface area contributed by atoms with Gasteiger partial charge in [-0.15, -0.1) is 23.1 Å². The summed E-state index contributed by atoms with van der Waals surface area (Å²) in [7, 11) is 0. The summed E-state index contributed by atoms with van der Waals surface area (Å²) in [6.45, 7) is 0. The zero-order chi connectivity index (χ0) is 12.8. The molecule has 0 radical (unpaired) electrons. The number of thioether (sulfide) groups is 1. The third-order valence-electron chi connectivity index (χ3n) is 3.20. The maximum Gasteiger partial charge on any atom is 0.320 e. The first-order valence-corrected chi connectivity index (χ1v) is 8.00. The molecule has 0 saturated heterocycles. The van der Waals surface area contributed by atoms with Crippen LogP contribution in [0.2, 0.25) is 0 Å². The van der Waals surface area contributed by atoms with E-state index in [4.69, 9.17) is 0 Å². The Morgan fingerprint density at radius 1 is 1.56 bits per heavy atom. The van der Waals surface area contributed by atoms with Gasteiger partial charge in [0.05, 0.1) is 14.0 Å². The number of hydrogen-bond acceptors (Lipinski definition) is 4. The molecule has 3 nitrogen and oxygen atoms in total. The zero-order valence-corrected chi connectivity index (χ0v) is 12.6. The Balaban J connectivity index is 2.02. The molecule has 0 bridgehead atoms. The number of pyridine rings is 1. The highest BCUT2D eigenvalue weighted by Crippen LogP contribution is 2.50. The minimum Gasteiger partial charge on any atom is -0.480 e. The number of carboxylic acids is 1. The first-order valence-electron chi connectivity index (χ1n) is 5.57. The molecule has 0 amide bonds. The fourth-order valence-electron chi connectivity index (χ4n) is 2.03. The SMILES string of the molecule is O=C(O)C1(Sc2ccnc3cc(Br)sc23)CCC1. The van der Waals surface area contributed by atoms with E-state index in [9.17, 15) is 9.90 Å². The molecule has 0 spiro atoms. The highest BCUT2D eigenvalue weighted by molar-refractivity contribution is 9.11. The van der Waals surface area contributed by atoms with E-state index in [1.807, 2.05) is 12.1 Å². The Bertz CT molecular complexity index is 622. The maximum atomic E-state index is 11.4. The van der Waals surface area contributed by atoms with Gasteiger partial charge in [0.25, 0.3) is 0 Å². The van der Waals surface area contributed by atoms with Crippen LogP contribution in [0.5, 0.6) is 0 Å². The Labute approximate surface area is 121 Å². The van der Waals surface area contributed by atoms with Crippen molar-refractivity contribution in [2.24, 2.45) is 0 Å². The molecule has 0 atom stereocenters. The molecule has 3 rings (SSSR count). The summed E-state index contributed by atoms with van der Waals surface area (Å²) in [5.74, 6) is -0.695. The van der Waals surface area contributed by atoms with Gasteiger partial charge >= 0.3 is 5.97 Å². The van der Waals surface area contributed by atoms with Gasteiger partial charge in [0.2, 0.25) is 0 Å². The molecule has 1 aliphatic rings. The van der Waals surface area contributed by atoms with E-state index in [-0.39, 0.29) is 0 Å². The number of thiophene rings is 1. The predicted octanol–water partition coefficient (Wildman–Crippen LogP) is 4.16. The topological polar surface area (TPSA) is 50.2 Å². The highest BCUT2D eigenvalue weighted by Gasteiger charge is 2.45. The van der Waals surface area contributed by atoms with Gasteiger partial charge in [-0.1, -0.05) is 0 Å². The molecule has 1 fully saturated rings. The lowest BCUT2D eigenvalue weighted by Gasteiger charge is -2.36. The van der Waals surface area contributed by atoms with Crippen molar-refractivity contribution in [3.8, 4) is 0 Å². The summed E-state index contributed by atoms with van der Waals surface area (Å²) >= 11 is 6.54. The number of aromatic nitrogens is 1. The van der Waals surface area contributed by atoms with Crippen LogP contribution in [0.3, 0.4) is 0 Å². The first-order chi connectivity index (χ1) is 8.61. The van der Waals surface area contributed by atoms with Crippen LogP contribution in [-0.4, -0.2) is 20.8 Å². The number of halogens is 1. The summed E-state index contributed by atoms with van der Waals surface area (Å²) in [6, 6.07) is 3.89. The Hall–Kier alpha value is -0.590. The van der Waals surface area contributed by atoms with E-state index in [2.05, 4.69) is 20.9 Å². The average molecular weight is 344 g/mol. The van der Waals surface area contributed by atoms with Crippen molar-refractivity contribution in [1.82, 2.24) is 4.98 Å². The molecular formula is C12H10BrNO2S2. The second kappa shape index (κ2) is 4.51. The van der Waals surface area contributed by atoms with E-state index in [0.717, 1.165) is 38.2 Å². The van der Waals surface area contributed by atoms with E-state index in [1.165, 1.54) is 11.8 Å². The van der Waals surface area contributed by atoms with Crippen LogP contribution in [0.1, 0.15) is 19.3 Å². The molecule has 0 unspecified atom stereocenters. The monoisotopic (exact) mass is 343 g/mol. The van der Waals surface area contributed by atoms with Crippen molar-refractivity contribution in [1.29, 1.82) is 0 Å². The minimum atomic E-state index is -0.695. The second-order valence-corrected chi connectivity index (χ2v) is 8.19. The zero-order valence-electron chi connectivity index (χ0n) is 9.35. The van der Waals surface area contributed by atoms with Crippen LogP contribution in [0.25, 0.3) is 10.2 Å². The molecule has 2 aromatic rings. The van der Waals surface area contributed by atoms with Crippen LogP contribution >= 0.6 is 39.0 Å². The molecular weight excluding hydrogens is 334 g/mol. The van der Waals surface area contributed by atoms with Crippen molar-refractivity contribution in [2.45, 2.75) is 28.9 Å². The number of hydrogen-bond donors (Lipinski definition) is 1. The van der Waals surface area contributed by atoms with Gasteiger partial charge in [0.15, 0.2) is 0 Å². The molecule has 1 N–H and O–H groups in total. The fourth-order valence-corrected chi connectivity index (χ4v) is 5.06. The van der Waals surface area contributed by atoms with Crippen molar-refractivity contribution in [3.05, 3.63) is 22.1 Å². The van der Waals surface area contributed by atoms with Crippen molar-refractivity contribution in [2.75, 3.05) is 0 Å². The van der Waals surface area contributed by atoms with E-state index in [0.29, 0.717) is 0 Å². The number of fused-ring (bicyclic) bond motifs is 1. The Morgan fingerprint density at radius 2 is 2.33 bits per heavy atom. The maximum absolute atomic E-state index is 11.4. The summed E-state index contributed by atoms with van der Waals surface area (Å²) in [4.78, 5) is 16.7. The highest BCUT2D eigenvalue weighted by atomic mass is 79.9. The quantitative estimate of drug-likeness (QED) is 0.908. The summed E-state index contributed by atoms with van der Waals surface area (Å²) in [5.41, 5.74) is 0.928. The first kappa shape index (κ1) is 12.4. The van der Waals surface area contributed by atoms with Crippen LogP contribution in [0.4, 0.5) is 0 Å². The molecule has 2 aromatic heterocycles. The van der Waals surface area contributed by atoms with E-state index < -0.39 is 10.7 Å². The van der Waals surface area contributed by atoms with Crippen molar-refractivity contribution >= 4 is 55.2 Å². The molecule has 1 saturated carbocycles. The molecule has 1 aliphatic carbocycles. The molecule has 18 heavy (non-hydrogen) atoms. The van der Waals surface area contributed by atoms with Gasteiger partial charge in [-0.2, -0.15) is 0 Å². The predicted molar refractivity (Wildman–Crippen MR) is 77.4 cm³/mol. The average Bonchev–Trinajstić information content (AvgIpc) is 2.63. The van der Waals surface area contributed by atoms with Gasteiger partial charge in [0, 0.05) is 11.1 Å². The standard InChI is InChI=1S/C12H10BrNO2S2/c13-9-6-7-10(17-9)8(2-5-14-7)18-12(11(15)16)3-1-4-12/h2,5-6H,1,3-4H2,(H,15,16). The minimum absolute atomic E-state index is 0.620. The molecule has 0 aliphatic heterocycles. The van der Waals surface area contributed by atoms with Crippen LogP contribution in [-0.2, 0) is 4.79 Å². The van der Waals surface area contributed by atoms with Crippen molar-refractivity contribution in [3.63, 3.8) is 0 Å². The lowest BCUT2D eigenvalue weighted by Crippen LogP contribution is -2.41. The van der Waals surface area contributed by atoms with E-state index >= 15 is 0 Å². The van der Waals surface area contributed by atoms with Crippen LogP contribution in [0, 0.1) is 0 Å². The molecule has 0 aromatic carbocycles. The van der Waals surface area contributed by atoms with Crippen LogP contribution in [0.15, 0.2) is 27.0 Å². The van der Waals surface area contributed by atoms with Gasteiger partial charge in [-0.3, -0.25) is 9.78 Å². The summed E-state index contributed by atoms with van der Waals surface area (Å²) in [5, 5.41) is 9.38. The normalized spacial score (nSPS) is 17.6. The van der Waals surface area contributed by atoms with Gasteiger partial charge in [-0.25, -0.2) is 0 Å². The number of carboxylic acid groups (broad SMARTS) is 1. The number of rotatable bonds is 3. The third kappa shape index (κ3) is 1.96. The van der Waals surface area contributed by atoms with Crippen LogP contribution < -0.4 is 0 Å². The largest absolute Gasteiger partial charge is 0.480 e. The fraction of sp³-hybridized carbons (Fsp3) is 0.333. The smallest absolute Gasteiger partial charge is 0.320 e. The number of nitrogens with zero attached hydrogens (tertiary/aromatic N) is 1.